The van der Waals surface area contributed by atoms with Crippen molar-refractivity contribution < 1.29 is 41.8 Å². The predicted octanol–water partition coefficient (Wildman–Crippen LogP) is 6.70. The molecule has 1 aliphatic heterocycles. The van der Waals surface area contributed by atoms with Gasteiger partial charge in [-0.1, -0.05) is 81.4 Å². The smallest absolute Gasteiger partial charge is 0.408 e. The fourth-order valence-corrected chi connectivity index (χ4v) is 10.7. The summed E-state index contributed by atoms with van der Waals surface area (Å²) in [5, 5.41) is 6.47. The molecule has 3 aliphatic carbocycles. The molecule has 8 rings (SSSR count). The van der Waals surface area contributed by atoms with E-state index in [1.165, 1.54) is 4.90 Å². The zero-order valence-corrected chi connectivity index (χ0v) is 38.4. The van der Waals surface area contributed by atoms with Gasteiger partial charge in [0.25, 0.3) is 5.91 Å². The highest BCUT2D eigenvalue weighted by Crippen LogP contribution is 2.58. The van der Waals surface area contributed by atoms with Crippen LogP contribution in [-0.4, -0.2) is 89.8 Å². The quantitative estimate of drug-likeness (QED) is 0.123. The first-order valence-electron chi connectivity index (χ1n) is 22.1. The largest absolute Gasteiger partial charge is 0.497 e. The second kappa shape index (κ2) is 16.7. The average Bonchev–Trinajstić information content (AvgIpc) is 4.16. The first kappa shape index (κ1) is 44.9. The van der Waals surface area contributed by atoms with Gasteiger partial charge < -0.3 is 29.7 Å². The van der Waals surface area contributed by atoms with Crippen LogP contribution in [0.15, 0.2) is 84.9 Å². The van der Waals surface area contributed by atoms with Crippen LogP contribution in [0.5, 0.6) is 11.5 Å². The monoisotopic (exact) mass is 893 g/mol. The van der Waals surface area contributed by atoms with Gasteiger partial charge in [0.2, 0.25) is 21.8 Å². The van der Waals surface area contributed by atoms with Crippen molar-refractivity contribution in [2.45, 2.75) is 121 Å². The van der Waals surface area contributed by atoms with Crippen LogP contribution in [0.1, 0.15) is 85.6 Å². The molecule has 4 amide bonds. The summed E-state index contributed by atoms with van der Waals surface area (Å²) in [5.41, 5.74) is -0.185. The summed E-state index contributed by atoms with van der Waals surface area (Å²) in [6.45, 7) is 10.6. The van der Waals surface area contributed by atoms with E-state index in [9.17, 15) is 27.6 Å². The molecule has 4 aliphatic rings. The second-order valence-electron chi connectivity index (χ2n) is 20.1. The van der Waals surface area contributed by atoms with Gasteiger partial charge in [0.15, 0.2) is 0 Å². The number of alkyl carbamates (subject to hydrolysis) is 1. The van der Waals surface area contributed by atoms with E-state index in [0.717, 1.165) is 24.0 Å². The third-order valence-corrected chi connectivity index (χ3v) is 15.0. The molecule has 3 N–H and O–H groups in total. The predicted molar refractivity (Wildman–Crippen MR) is 242 cm³/mol. The number of likely N-dealkylation sites (tertiary alicyclic amines) is 1. The van der Waals surface area contributed by atoms with Gasteiger partial charge in [0.05, 0.1) is 29.6 Å². The summed E-state index contributed by atoms with van der Waals surface area (Å²) in [7, 11) is -2.56. The minimum atomic E-state index is -4.14. The highest BCUT2D eigenvalue weighted by atomic mass is 32.2. The van der Waals surface area contributed by atoms with E-state index >= 15 is 0 Å². The fourth-order valence-electron chi connectivity index (χ4n) is 9.04. The molecule has 1 unspecified atom stereocenters. The molecule has 0 radical (unpaired) electrons. The maximum absolute atomic E-state index is 14.9. The van der Waals surface area contributed by atoms with Crippen LogP contribution >= 0.6 is 0 Å². The van der Waals surface area contributed by atoms with Crippen LogP contribution in [0, 0.1) is 17.3 Å². The molecule has 3 aromatic carbocycles. The number of hydrogen-bond acceptors (Lipinski definition) is 10. The van der Waals surface area contributed by atoms with Crippen LogP contribution in [0.3, 0.4) is 0 Å². The molecule has 1 saturated heterocycles. The topological polar surface area (TPSA) is 182 Å². The Kier molecular flexibility index (Phi) is 11.7. The standard InChI is InChI=1S/C49H59N5O9S/c1-46(2,3)41(51-45(58)63-47(4,5)6)43(56)54-29-34(62-40-26-37(32-16-12-9-13-17-32)50-38-24-33(61-7)20-21-35(38)40)25-39(54)42(55)52-49(28-36(49)31-18-19-31)44(57)53-64(59,60)48(22-23-48)27-30-14-10-8-11-15-30/h8-17,20-21,24,26,31,34,36,39,41H,18-19,22-23,25,27-29H2,1-7H3,(H,51,58)(H,52,55)(H,53,57)/t34-,36?,39+,41-,49-/m1/s1. The first-order valence-corrected chi connectivity index (χ1v) is 23.6. The summed E-state index contributed by atoms with van der Waals surface area (Å²) in [6.07, 6.45) is 1.61. The maximum Gasteiger partial charge on any atom is 0.408 e. The molecule has 0 spiro atoms. The molecule has 5 atom stereocenters. The SMILES string of the molecule is COc1ccc2c(O[C@@H]3C[C@@H](C(=O)N[C@]4(C(=O)NS(=O)(=O)C5(Cc6ccccc6)CC5)CC4C4CC4)N(C(=O)[C@@H](NC(=O)OC(C)(C)C)C(C)(C)C)C3)cc(-c3ccccc3)nc2c1. The zero-order valence-electron chi connectivity index (χ0n) is 37.6. The molecule has 340 valence electrons. The van der Waals surface area contributed by atoms with E-state index in [4.69, 9.17) is 19.2 Å². The summed E-state index contributed by atoms with van der Waals surface area (Å²) in [5.74, 6) is -0.925. The number of ether oxygens (including phenoxy) is 3. The highest BCUT2D eigenvalue weighted by Gasteiger charge is 2.68. The third-order valence-electron chi connectivity index (χ3n) is 12.9. The van der Waals surface area contributed by atoms with E-state index in [1.54, 1.807) is 33.9 Å². The van der Waals surface area contributed by atoms with Gasteiger partial charge in [-0.15, -0.1) is 0 Å². The minimum absolute atomic E-state index is 0.0335. The third kappa shape index (κ3) is 9.41. The lowest BCUT2D eigenvalue weighted by molar-refractivity contribution is -0.143. The summed E-state index contributed by atoms with van der Waals surface area (Å²) in [6, 6.07) is 24.0. The van der Waals surface area contributed by atoms with Crippen molar-refractivity contribution in [3.8, 4) is 22.8 Å². The highest BCUT2D eigenvalue weighted by molar-refractivity contribution is 7.91. The molecule has 14 nitrogen and oxygen atoms in total. The number of hydrogen-bond donors (Lipinski definition) is 3. The van der Waals surface area contributed by atoms with Crippen LogP contribution in [0.25, 0.3) is 22.2 Å². The van der Waals surface area contributed by atoms with E-state index < -0.39 is 73.3 Å². The van der Waals surface area contributed by atoms with Crippen LogP contribution in [0.2, 0.25) is 0 Å². The van der Waals surface area contributed by atoms with Crippen LogP contribution in [-0.2, 0) is 35.6 Å². The molecule has 2 heterocycles. The van der Waals surface area contributed by atoms with E-state index in [2.05, 4.69) is 15.4 Å². The van der Waals surface area contributed by atoms with Gasteiger partial charge in [-0.2, -0.15) is 0 Å². The number of rotatable bonds is 14. The van der Waals surface area contributed by atoms with Crippen molar-refractivity contribution in [2.75, 3.05) is 13.7 Å². The summed E-state index contributed by atoms with van der Waals surface area (Å²) >= 11 is 0. The van der Waals surface area contributed by atoms with Crippen LogP contribution in [0.4, 0.5) is 4.79 Å². The molecule has 4 fully saturated rings. The number of sulfonamides is 1. The molecule has 1 aromatic heterocycles. The van der Waals surface area contributed by atoms with E-state index in [1.807, 2.05) is 99.6 Å². The zero-order chi connectivity index (χ0) is 45.8. The number of methoxy groups -OCH3 is 1. The number of nitrogens with zero attached hydrogens (tertiary/aromatic N) is 2. The number of pyridine rings is 1. The number of amides is 4. The number of carbonyl (C=O) groups excluding carboxylic acids is 4. The molecular weight excluding hydrogens is 835 g/mol. The number of benzene rings is 3. The fraction of sp³-hybridized carbons (Fsp3) is 0.490. The van der Waals surface area contributed by atoms with Crippen molar-refractivity contribution in [3.05, 3.63) is 90.5 Å². The van der Waals surface area contributed by atoms with Crippen molar-refractivity contribution in [3.63, 3.8) is 0 Å². The Morgan fingerprint density at radius 2 is 1.58 bits per heavy atom. The molecular formula is C49H59N5O9S. The van der Waals surface area contributed by atoms with E-state index in [0.29, 0.717) is 40.9 Å². The number of nitrogens with one attached hydrogen (secondary N) is 3. The normalized spacial score (nSPS) is 23.1. The van der Waals surface area contributed by atoms with Gasteiger partial charge in [0.1, 0.15) is 40.8 Å². The number of fused-ring (bicyclic) bond motifs is 1. The molecule has 64 heavy (non-hydrogen) atoms. The Bertz CT molecular complexity index is 2550. The van der Waals surface area contributed by atoms with E-state index in [-0.39, 0.29) is 37.6 Å². The van der Waals surface area contributed by atoms with Gasteiger partial charge in [-0.05, 0) is 94.2 Å². The van der Waals surface area contributed by atoms with Gasteiger partial charge in [-0.25, -0.2) is 18.2 Å². The van der Waals surface area contributed by atoms with Crippen molar-refractivity contribution in [1.82, 2.24) is 25.2 Å². The lowest BCUT2D eigenvalue weighted by atomic mass is 9.85. The Balaban J connectivity index is 1.10. The number of carbonyl (C=O) groups is 4. The molecule has 15 heteroatoms. The van der Waals surface area contributed by atoms with Gasteiger partial charge in [0, 0.05) is 29.5 Å². The Labute approximate surface area is 375 Å². The first-order chi connectivity index (χ1) is 30.2. The molecule has 4 aromatic rings. The molecule has 3 saturated carbocycles. The lowest BCUT2D eigenvalue weighted by Gasteiger charge is -2.36. The van der Waals surface area contributed by atoms with Crippen molar-refractivity contribution in [1.29, 1.82) is 0 Å². The van der Waals surface area contributed by atoms with Gasteiger partial charge >= 0.3 is 6.09 Å². The summed E-state index contributed by atoms with van der Waals surface area (Å²) < 4.78 is 47.2. The van der Waals surface area contributed by atoms with Crippen molar-refractivity contribution >= 4 is 44.7 Å². The second-order valence-corrected chi connectivity index (χ2v) is 22.1. The Morgan fingerprint density at radius 3 is 2.19 bits per heavy atom. The number of aromatic nitrogens is 1. The summed E-state index contributed by atoms with van der Waals surface area (Å²) in [4.78, 5) is 63.8. The maximum atomic E-state index is 14.9. The average molecular weight is 894 g/mol. The lowest BCUT2D eigenvalue weighted by Crippen LogP contribution is -2.60. The Hall–Kier alpha value is -5.70. The van der Waals surface area contributed by atoms with Crippen molar-refractivity contribution in [2.24, 2.45) is 17.3 Å². The van der Waals surface area contributed by atoms with Crippen LogP contribution < -0.4 is 24.8 Å². The Morgan fingerprint density at radius 1 is 0.906 bits per heavy atom. The minimum Gasteiger partial charge on any atom is -0.497 e. The molecule has 0 bridgehead atoms. The van der Waals surface area contributed by atoms with Gasteiger partial charge in [-0.3, -0.25) is 19.1 Å².